The van der Waals surface area contributed by atoms with E-state index in [2.05, 4.69) is 4.98 Å². The predicted molar refractivity (Wildman–Crippen MR) is 38.2 cm³/mol. The number of rotatable bonds is 1. The summed E-state index contributed by atoms with van der Waals surface area (Å²) in [6.45, 7) is 1.76. The van der Waals surface area contributed by atoms with Crippen molar-refractivity contribution in [3.63, 3.8) is 0 Å². The lowest BCUT2D eigenvalue weighted by Gasteiger charge is -1.96. The van der Waals surface area contributed by atoms with Gasteiger partial charge in [-0.05, 0) is 18.6 Å². The molecule has 56 valence electrons. The fourth-order valence-electron chi connectivity index (χ4n) is 0.767. The Bertz CT molecular complexity index is 301. The van der Waals surface area contributed by atoms with Crippen LogP contribution >= 0.6 is 0 Å². The van der Waals surface area contributed by atoms with Gasteiger partial charge in [0, 0.05) is 6.20 Å². The Balaban J connectivity index is 3.01. The van der Waals surface area contributed by atoms with E-state index in [1.54, 1.807) is 13.1 Å². The van der Waals surface area contributed by atoms with Crippen LogP contribution in [0.25, 0.3) is 0 Å². The molecule has 1 heterocycles. The topological polar surface area (TPSA) is 36.7 Å². The van der Waals surface area contributed by atoms with Crippen LogP contribution in [-0.2, 0) is 6.42 Å². The average molecular weight is 150 g/mol. The van der Waals surface area contributed by atoms with Gasteiger partial charge in [0.05, 0.1) is 18.2 Å². The highest BCUT2D eigenvalue weighted by atomic mass is 19.1. The quantitative estimate of drug-likeness (QED) is 0.609. The Kier molecular flexibility index (Phi) is 2.17. The van der Waals surface area contributed by atoms with E-state index in [0.29, 0.717) is 0 Å². The fraction of sp³-hybridized carbons (Fsp3) is 0.250. The van der Waals surface area contributed by atoms with Gasteiger partial charge in [-0.25, -0.2) is 4.39 Å². The molecule has 0 unspecified atom stereocenters. The predicted octanol–water partition coefficient (Wildman–Crippen LogP) is 1.60. The lowest BCUT2D eigenvalue weighted by Crippen LogP contribution is -1.93. The highest BCUT2D eigenvalue weighted by Gasteiger charge is 2.01. The Morgan fingerprint density at radius 3 is 3.00 bits per heavy atom. The second-order valence-corrected chi connectivity index (χ2v) is 2.28. The fourth-order valence-corrected chi connectivity index (χ4v) is 0.767. The van der Waals surface area contributed by atoms with E-state index >= 15 is 0 Å². The van der Waals surface area contributed by atoms with E-state index in [-0.39, 0.29) is 12.1 Å². The van der Waals surface area contributed by atoms with Gasteiger partial charge in [0.2, 0.25) is 0 Å². The van der Waals surface area contributed by atoms with Crippen molar-refractivity contribution in [2.45, 2.75) is 13.3 Å². The SMILES string of the molecule is Cc1cnc(CC#N)c(F)c1. The van der Waals surface area contributed by atoms with E-state index in [4.69, 9.17) is 5.26 Å². The van der Waals surface area contributed by atoms with Gasteiger partial charge in [-0.1, -0.05) is 0 Å². The summed E-state index contributed by atoms with van der Waals surface area (Å²) < 4.78 is 12.8. The van der Waals surface area contributed by atoms with Crippen molar-refractivity contribution >= 4 is 0 Å². The molecule has 0 N–H and O–H groups in total. The molecule has 0 aromatic carbocycles. The van der Waals surface area contributed by atoms with E-state index in [9.17, 15) is 4.39 Å². The number of halogens is 1. The highest BCUT2D eigenvalue weighted by Crippen LogP contribution is 2.05. The monoisotopic (exact) mass is 150 g/mol. The summed E-state index contributed by atoms with van der Waals surface area (Å²) in [5.41, 5.74) is 0.988. The normalized spacial score (nSPS) is 9.18. The second-order valence-electron chi connectivity index (χ2n) is 2.28. The molecule has 1 aromatic rings. The number of hydrogen-bond donors (Lipinski definition) is 0. The van der Waals surface area contributed by atoms with Crippen LogP contribution in [0.15, 0.2) is 12.3 Å². The number of nitriles is 1. The van der Waals surface area contributed by atoms with Crippen LogP contribution in [0.4, 0.5) is 4.39 Å². The number of nitrogens with zero attached hydrogens (tertiary/aromatic N) is 2. The van der Waals surface area contributed by atoms with Gasteiger partial charge in [-0.2, -0.15) is 5.26 Å². The minimum Gasteiger partial charge on any atom is -0.257 e. The molecule has 0 saturated carbocycles. The minimum atomic E-state index is -0.397. The van der Waals surface area contributed by atoms with Gasteiger partial charge in [-0.3, -0.25) is 4.98 Å². The van der Waals surface area contributed by atoms with E-state index in [1.807, 2.05) is 6.07 Å². The molecule has 0 atom stereocenters. The summed E-state index contributed by atoms with van der Waals surface area (Å²) in [5.74, 6) is -0.397. The molecule has 3 heteroatoms. The molecule has 1 aromatic heterocycles. The molecule has 0 spiro atoms. The number of aryl methyl sites for hydroxylation is 1. The zero-order valence-corrected chi connectivity index (χ0v) is 6.13. The second kappa shape index (κ2) is 3.11. The van der Waals surface area contributed by atoms with Crippen LogP contribution in [-0.4, -0.2) is 4.98 Å². The molecule has 0 aliphatic carbocycles. The van der Waals surface area contributed by atoms with Gasteiger partial charge in [0.15, 0.2) is 0 Å². The van der Waals surface area contributed by atoms with Crippen LogP contribution in [0.5, 0.6) is 0 Å². The molecular weight excluding hydrogens is 143 g/mol. The van der Waals surface area contributed by atoms with Gasteiger partial charge >= 0.3 is 0 Å². The maximum atomic E-state index is 12.8. The van der Waals surface area contributed by atoms with Gasteiger partial charge in [0.25, 0.3) is 0 Å². The summed E-state index contributed by atoms with van der Waals surface area (Å²) in [6.07, 6.45) is 1.59. The third-order valence-electron chi connectivity index (χ3n) is 1.30. The third-order valence-corrected chi connectivity index (χ3v) is 1.30. The van der Waals surface area contributed by atoms with Crippen molar-refractivity contribution < 1.29 is 4.39 Å². The van der Waals surface area contributed by atoms with E-state index in [0.717, 1.165) is 5.56 Å². The van der Waals surface area contributed by atoms with Crippen molar-refractivity contribution in [1.82, 2.24) is 4.98 Å². The van der Waals surface area contributed by atoms with Gasteiger partial charge < -0.3 is 0 Å². The molecule has 0 aliphatic rings. The van der Waals surface area contributed by atoms with Crippen LogP contribution in [0, 0.1) is 24.1 Å². The Morgan fingerprint density at radius 2 is 2.45 bits per heavy atom. The smallest absolute Gasteiger partial charge is 0.146 e. The number of hydrogen-bond acceptors (Lipinski definition) is 2. The van der Waals surface area contributed by atoms with Crippen LogP contribution in [0.1, 0.15) is 11.3 Å². The molecule has 0 aliphatic heterocycles. The molecular formula is C8H7FN2. The standard InChI is InChI=1S/C8H7FN2/c1-6-4-7(9)8(2-3-10)11-5-6/h4-5H,2H2,1H3. The summed E-state index contributed by atoms with van der Waals surface area (Å²) >= 11 is 0. The van der Waals surface area contributed by atoms with Crippen LogP contribution in [0.3, 0.4) is 0 Å². The molecule has 11 heavy (non-hydrogen) atoms. The first-order valence-electron chi connectivity index (χ1n) is 3.22. The van der Waals surface area contributed by atoms with E-state index < -0.39 is 5.82 Å². The minimum absolute atomic E-state index is 0.0338. The van der Waals surface area contributed by atoms with Crippen molar-refractivity contribution in [3.8, 4) is 6.07 Å². The first kappa shape index (κ1) is 7.67. The largest absolute Gasteiger partial charge is 0.257 e. The maximum absolute atomic E-state index is 12.8. The molecule has 0 amide bonds. The Hall–Kier alpha value is -1.43. The van der Waals surface area contributed by atoms with E-state index in [1.165, 1.54) is 6.07 Å². The Labute approximate surface area is 64.3 Å². The molecule has 0 saturated heterocycles. The van der Waals surface area contributed by atoms with Crippen molar-refractivity contribution in [1.29, 1.82) is 5.26 Å². The van der Waals surface area contributed by atoms with Crippen LogP contribution < -0.4 is 0 Å². The lowest BCUT2D eigenvalue weighted by atomic mass is 10.2. The molecule has 2 nitrogen and oxygen atoms in total. The van der Waals surface area contributed by atoms with Crippen molar-refractivity contribution in [2.24, 2.45) is 0 Å². The summed E-state index contributed by atoms with van der Waals surface area (Å²) in [4.78, 5) is 3.77. The summed E-state index contributed by atoms with van der Waals surface area (Å²) in [7, 11) is 0. The zero-order chi connectivity index (χ0) is 8.27. The molecule has 0 radical (unpaired) electrons. The number of aromatic nitrogens is 1. The van der Waals surface area contributed by atoms with Gasteiger partial charge in [-0.15, -0.1) is 0 Å². The highest BCUT2D eigenvalue weighted by molar-refractivity contribution is 5.16. The molecule has 1 rings (SSSR count). The average Bonchev–Trinajstić information content (AvgIpc) is 1.95. The van der Waals surface area contributed by atoms with Crippen molar-refractivity contribution in [2.75, 3.05) is 0 Å². The zero-order valence-electron chi connectivity index (χ0n) is 6.13. The summed E-state index contributed by atoms with van der Waals surface area (Å²) in [5, 5.41) is 8.26. The first-order chi connectivity index (χ1) is 5.24. The number of pyridine rings is 1. The van der Waals surface area contributed by atoms with Crippen molar-refractivity contribution in [3.05, 3.63) is 29.3 Å². The maximum Gasteiger partial charge on any atom is 0.146 e. The lowest BCUT2D eigenvalue weighted by molar-refractivity contribution is 0.604. The van der Waals surface area contributed by atoms with Crippen LogP contribution in [0.2, 0.25) is 0 Å². The Morgan fingerprint density at radius 1 is 1.73 bits per heavy atom. The van der Waals surface area contributed by atoms with Gasteiger partial charge in [0.1, 0.15) is 5.82 Å². The first-order valence-corrected chi connectivity index (χ1v) is 3.22. The molecule has 0 bridgehead atoms. The summed E-state index contributed by atoms with van der Waals surface area (Å²) in [6, 6.07) is 3.22. The third kappa shape index (κ3) is 1.74. The molecule has 0 fully saturated rings.